The van der Waals surface area contributed by atoms with E-state index in [-0.39, 0.29) is 23.7 Å². The molecule has 0 radical (unpaired) electrons. The van der Waals surface area contributed by atoms with Crippen LogP contribution in [0.5, 0.6) is 5.88 Å². The average molecular weight is 252 g/mol. The Kier molecular flexibility index (Phi) is 3.61. The van der Waals surface area contributed by atoms with E-state index in [9.17, 15) is 10.1 Å². The molecule has 0 aromatic carbocycles. The number of rotatable bonds is 3. The van der Waals surface area contributed by atoms with E-state index in [1.807, 2.05) is 0 Å². The molecule has 1 heterocycles. The predicted molar refractivity (Wildman–Crippen MR) is 66.2 cm³/mol. The van der Waals surface area contributed by atoms with Crippen molar-refractivity contribution in [2.75, 3.05) is 5.73 Å². The standard InChI is InChI=1S/C11H16N4O3/c12-7-2-1-3-8(6-7)18-10-5-4-9(15(16)17)11(13)14-10/h4-5,7-8H,1-3,6,12H2,(H2,13,14). The van der Waals surface area contributed by atoms with Crippen molar-refractivity contribution in [2.45, 2.75) is 37.8 Å². The summed E-state index contributed by atoms with van der Waals surface area (Å²) < 4.78 is 5.65. The maximum atomic E-state index is 10.6. The van der Waals surface area contributed by atoms with Gasteiger partial charge in [0, 0.05) is 18.2 Å². The lowest BCUT2D eigenvalue weighted by Crippen LogP contribution is -2.33. The molecule has 1 aliphatic rings. The Hall–Kier alpha value is -1.89. The van der Waals surface area contributed by atoms with E-state index in [2.05, 4.69) is 4.98 Å². The van der Waals surface area contributed by atoms with Crippen molar-refractivity contribution in [1.82, 2.24) is 4.98 Å². The first-order valence-corrected chi connectivity index (χ1v) is 5.89. The summed E-state index contributed by atoms with van der Waals surface area (Å²) in [4.78, 5) is 13.9. The number of nitrogen functional groups attached to an aromatic ring is 1. The number of pyridine rings is 1. The number of hydrogen-bond acceptors (Lipinski definition) is 6. The van der Waals surface area contributed by atoms with Crippen LogP contribution in [-0.2, 0) is 0 Å². The highest BCUT2D eigenvalue weighted by Crippen LogP contribution is 2.25. The molecule has 0 spiro atoms. The Bertz CT molecular complexity index is 452. The first-order valence-electron chi connectivity index (χ1n) is 5.89. The summed E-state index contributed by atoms with van der Waals surface area (Å²) in [5.41, 5.74) is 11.1. The van der Waals surface area contributed by atoms with Crippen LogP contribution < -0.4 is 16.2 Å². The number of aromatic nitrogens is 1. The van der Waals surface area contributed by atoms with Crippen molar-refractivity contribution < 1.29 is 9.66 Å². The molecule has 0 saturated heterocycles. The molecule has 1 aromatic rings. The molecule has 1 fully saturated rings. The summed E-state index contributed by atoms with van der Waals surface area (Å²) in [7, 11) is 0. The zero-order valence-corrected chi connectivity index (χ0v) is 9.91. The molecule has 98 valence electrons. The predicted octanol–water partition coefficient (Wildman–Crippen LogP) is 1.22. The Morgan fingerprint density at radius 3 is 2.83 bits per heavy atom. The van der Waals surface area contributed by atoms with Crippen molar-refractivity contribution in [3.63, 3.8) is 0 Å². The molecule has 2 unspecified atom stereocenters. The molecule has 2 rings (SSSR count). The minimum Gasteiger partial charge on any atom is -0.474 e. The minimum atomic E-state index is -0.567. The maximum Gasteiger partial charge on any atom is 0.311 e. The topological polar surface area (TPSA) is 117 Å². The second-order valence-corrected chi connectivity index (χ2v) is 4.48. The van der Waals surface area contributed by atoms with Gasteiger partial charge in [-0.25, -0.2) is 0 Å². The molecule has 4 N–H and O–H groups in total. The third kappa shape index (κ3) is 2.86. The molecule has 0 amide bonds. The number of ether oxygens (including phenoxy) is 1. The van der Waals surface area contributed by atoms with Crippen LogP contribution >= 0.6 is 0 Å². The van der Waals surface area contributed by atoms with Crippen LogP contribution in [0, 0.1) is 10.1 Å². The van der Waals surface area contributed by atoms with Gasteiger partial charge in [-0.2, -0.15) is 4.98 Å². The highest BCUT2D eigenvalue weighted by atomic mass is 16.6. The molecular weight excluding hydrogens is 236 g/mol. The van der Waals surface area contributed by atoms with E-state index in [0.29, 0.717) is 5.88 Å². The quantitative estimate of drug-likeness (QED) is 0.617. The van der Waals surface area contributed by atoms with Crippen LogP contribution in [0.1, 0.15) is 25.7 Å². The number of nitro groups is 1. The molecule has 7 heteroatoms. The smallest absolute Gasteiger partial charge is 0.311 e. The van der Waals surface area contributed by atoms with E-state index in [0.717, 1.165) is 25.7 Å². The van der Waals surface area contributed by atoms with E-state index in [4.69, 9.17) is 16.2 Å². The molecule has 2 atom stereocenters. The summed E-state index contributed by atoms with van der Waals surface area (Å²) in [6, 6.07) is 2.92. The third-order valence-corrected chi connectivity index (χ3v) is 3.03. The average Bonchev–Trinajstić information content (AvgIpc) is 2.28. The van der Waals surface area contributed by atoms with Crippen LogP contribution in [0.3, 0.4) is 0 Å². The first kappa shape index (κ1) is 12.6. The van der Waals surface area contributed by atoms with Crippen molar-refractivity contribution >= 4 is 11.5 Å². The van der Waals surface area contributed by atoms with Crippen LogP contribution in [0.4, 0.5) is 11.5 Å². The van der Waals surface area contributed by atoms with E-state index >= 15 is 0 Å². The van der Waals surface area contributed by atoms with Gasteiger partial charge in [-0.05, 0) is 25.7 Å². The lowest BCUT2D eigenvalue weighted by atomic mass is 9.94. The number of anilines is 1. The highest BCUT2D eigenvalue weighted by Gasteiger charge is 2.22. The van der Waals surface area contributed by atoms with Gasteiger partial charge in [0.15, 0.2) is 0 Å². The Balaban J connectivity index is 2.05. The monoisotopic (exact) mass is 252 g/mol. The Morgan fingerprint density at radius 2 is 2.22 bits per heavy atom. The SMILES string of the molecule is Nc1nc(OC2CCCC(N)C2)ccc1[N+](=O)[O-]. The zero-order chi connectivity index (χ0) is 13.1. The third-order valence-electron chi connectivity index (χ3n) is 3.03. The van der Waals surface area contributed by atoms with Crippen molar-refractivity contribution in [3.05, 3.63) is 22.2 Å². The lowest BCUT2D eigenvalue weighted by Gasteiger charge is -2.26. The summed E-state index contributed by atoms with van der Waals surface area (Å²) in [5, 5.41) is 10.6. The molecular formula is C11H16N4O3. The second-order valence-electron chi connectivity index (χ2n) is 4.48. The van der Waals surface area contributed by atoms with Gasteiger partial charge in [0.25, 0.3) is 0 Å². The van der Waals surface area contributed by atoms with E-state index < -0.39 is 4.92 Å². The van der Waals surface area contributed by atoms with Gasteiger partial charge in [0.2, 0.25) is 11.7 Å². The summed E-state index contributed by atoms with van der Waals surface area (Å²) in [5.74, 6) is 0.190. The minimum absolute atomic E-state index is 0.0158. The number of hydrogen-bond donors (Lipinski definition) is 2. The molecule has 1 saturated carbocycles. The normalized spacial score (nSPS) is 23.6. The van der Waals surface area contributed by atoms with Crippen molar-refractivity contribution in [1.29, 1.82) is 0 Å². The second kappa shape index (κ2) is 5.18. The fourth-order valence-electron chi connectivity index (χ4n) is 2.13. The highest BCUT2D eigenvalue weighted by molar-refractivity contribution is 5.53. The maximum absolute atomic E-state index is 10.6. The molecule has 18 heavy (non-hydrogen) atoms. The summed E-state index contributed by atoms with van der Waals surface area (Å²) in [6.07, 6.45) is 3.75. The molecule has 1 aromatic heterocycles. The van der Waals surface area contributed by atoms with Gasteiger partial charge in [-0.15, -0.1) is 0 Å². The van der Waals surface area contributed by atoms with Crippen LogP contribution in [0.2, 0.25) is 0 Å². The van der Waals surface area contributed by atoms with Gasteiger partial charge in [-0.1, -0.05) is 0 Å². The molecule has 0 bridgehead atoms. The van der Waals surface area contributed by atoms with Gasteiger partial charge in [0.05, 0.1) is 4.92 Å². The van der Waals surface area contributed by atoms with Gasteiger partial charge in [0.1, 0.15) is 6.10 Å². The first-order chi connectivity index (χ1) is 8.56. The molecule has 0 aliphatic heterocycles. The largest absolute Gasteiger partial charge is 0.474 e. The lowest BCUT2D eigenvalue weighted by molar-refractivity contribution is -0.384. The van der Waals surface area contributed by atoms with Crippen LogP contribution in [0.15, 0.2) is 12.1 Å². The van der Waals surface area contributed by atoms with Gasteiger partial charge in [-0.3, -0.25) is 10.1 Å². The summed E-state index contributed by atoms with van der Waals surface area (Å²) >= 11 is 0. The van der Waals surface area contributed by atoms with Gasteiger partial charge >= 0.3 is 5.69 Å². The van der Waals surface area contributed by atoms with Gasteiger partial charge < -0.3 is 16.2 Å². The van der Waals surface area contributed by atoms with E-state index in [1.54, 1.807) is 0 Å². The fraction of sp³-hybridized carbons (Fsp3) is 0.545. The van der Waals surface area contributed by atoms with E-state index in [1.165, 1.54) is 12.1 Å². The number of nitrogens with zero attached hydrogens (tertiary/aromatic N) is 2. The number of nitrogens with two attached hydrogens (primary N) is 2. The summed E-state index contributed by atoms with van der Waals surface area (Å²) in [6.45, 7) is 0. The van der Waals surface area contributed by atoms with Crippen molar-refractivity contribution in [3.8, 4) is 5.88 Å². The Labute approximate surface area is 104 Å². The molecule has 1 aliphatic carbocycles. The fourth-order valence-corrected chi connectivity index (χ4v) is 2.13. The molecule has 7 nitrogen and oxygen atoms in total. The Morgan fingerprint density at radius 1 is 1.44 bits per heavy atom. The van der Waals surface area contributed by atoms with Crippen LogP contribution in [-0.4, -0.2) is 22.1 Å². The zero-order valence-electron chi connectivity index (χ0n) is 9.91. The van der Waals surface area contributed by atoms with Crippen LogP contribution in [0.25, 0.3) is 0 Å². The van der Waals surface area contributed by atoms with Crippen molar-refractivity contribution in [2.24, 2.45) is 5.73 Å².